The van der Waals surface area contributed by atoms with Crippen LogP contribution in [0.3, 0.4) is 0 Å². The third-order valence-electron chi connectivity index (χ3n) is 2.20. The zero-order valence-corrected chi connectivity index (χ0v) is 13.6. The topological polar surface area (TPSA) is 35.7 Å². The average Bonchev–Trinajstić information content (AvgIpc) is 3.00. The quantitative estimate of drug-likeness (QED) is 0.466. The monoisotopic (exact) mass is 328 g/mol. The van der Waals surface area contributed by atoms with Crippen molar-refractivity contribution in [2.24, 2.45) is 4.99 Å². The predicted octanol–water partition coefficient (Wildman–Crippen LogP) is 4.00. The van der Waals surface area contributed by atoms with E-state index in [2.05, 4.69) is 21.4 Å². The molecule has 1 aliphatic heterocycles. The number of hydrogen-bond acceptors (Lipinski definition) is 2. The molecule has 2 aromatic carbocycles. The molecule has 106 valence electrons. The molecule has 3 nitrogen and oxygen atoms in total. The van der Waals surface area contributed by atoms with Crippen LogP contribution in [0.5, 0.6) is 0 Å². The number of nitrogens with zero attached hydrogens (tertiary/aromatic N) is 2. The van der Waals surface area contributed by atoms with Crippen molar-refractivity contribution in [2.75, 3.05) is 13.2 Å². The van der Waals surface area contributed by atoms with Crippen LogP contribution in [0.1, 0.15) is 0 Å². The fraction of sp³-hybridized carbons (Fsp3) is 0.133. The van der Waals surface area contributed by atoms with Crippen LogP contribution in [-0.4, -0.2) is 19.6 Å². The van der Waals surface area contributed by atoms with Gasteiger partial charge in [0.2, 0.25) is 0 Å². The Hall–Kier alpha value is -1.34. The predicted molar refractivity (Wildman–Crippen MR) is 84.9 cm³/mol. The molecule has 0 fully saturated rings. The minimum atomic E-state index is 0. The molecule has 0 radical (unpaired) electrons. The summed E-state index contributed by atoms with van der Waals surface area (Å²) in [7, 11) is 0. The summed E-state index contributed by atoms with van der Waals surface area (Å²) in [4.78, 5) is 3.61. The fourth-order valence-electron chi connectivity index (χ4n) is 1.38. The van der Waals surface area contributed by atoms with Gasteiger partial charge in [0, 0.05) is 6.54 Å². The summed E-state index contributed by atoms with van der Waals surface area (Å²) < 4.78 is 4.53. The summed E-state index contributed by atoms with van der Waals surface area (Å²) in [5.74, 6) is 0. The maximum atomic E-state index is 4.53. The van der Waals surface area contributed by atoms with E-state index in [4.69, 9.17) is 0 Å². The van der Waals surface area contributed by atoms with Gasteiger partial charge in [-0.15, -0.1) is 11.4 Å². The van der Waals surface area contributed by atoms with E-state index in [1.807, 2.05) is 60.7 Å². The molecule has 0 aliphatic carbocycles. The van der Waals surface area contributed by atoms with Gasteiger partial charge >= 0.3 is 17.1 Å². The van der Waals surface area contributed by atoms with Crippen LogP contribution in [0.4, 0.5) is 11.4 Å². The van der Waals surface area contributed by atoms with E-state index in [0.717, 1.165) is 24.5 Å². The van der Waals surface area contributed by atoms with Crippen molar-refractivity contribution in [3.63, 3.8) is 0 Å². The summed E-state index contributed by atoms with van der Waals surface area (Å²) in [6.45, 7) is 1.51. The molecule has 0 N–H and O–H groups in total. The largest absolute Gasteiger partial charge is 2.00 e. The Morgan fingerprint density at radius 1 is 0.900 bits per heavy atom. The Morgan fingerprint density at radius 2 is 1.40 bits per heavy atom. The maximum absolute atomic E-state index is 4.53. The number of para-hydroxylation sites is 2. The molecule has 0 aromatic heterocycles. The van der Waals surface area contributed by atoms with Crippen molar-refractivity contribution in [3.05, 3.63) is 66.0 Å². The number of ether oxygens (including phenoxy) is 1. The van der Waals surface area contributed by atoms with Crippen LogP contribution in [0.15, 0.2) is 65.7 Å². The van der Waals surface area contributed by atoms with Gasteiger partial charge in [-0.25, -0.2) is 6.40 Å². The molecule has 5 heteroatoms. The van der Waals surface area contributed by atoms with Gasteiger partial charge in [-0.2, -0.15) is 9.90 Å². The molecule has 1 heterocycles. The molecule has 0 saturated heterocycles. The Morgan fingerprint density at radius 3 is 1.70 bits per heavy atom. The first-order valence-electron chi connectivity index (χ1n) is 5.80. The van der Waals surface area contributed by atoms with Crippen LogP contribution in [0.2, 0.25) is 0 Å². The Bertz CT molecular complexity index is 436. The van der Waals surface area contributed by atoms with Gasteiger partial charge < -0.3 is 15.0 Å². The molecule has 2 aromatic rings. The summed E-state index contributed by atoms with van der Waals surface area (Å²) in [6, 6.07) is 19.9. The molecule has 20 heavy (non-hydrogen) atoms. The summed E-state index contributed by atoms with van der Waals surface area (Å²) in [5.41, 5.74) is 1.99. The van der Waals surface area contributed by atoms with Crippen LogP contribution < -0.4 is 0 Å². The first-order chi connectivity index (χ1) is 8.95. The molecule has 1 atom stereocenters. The molecule has 1 unspecified atom stereocenters. The zero-order chi connectivity index (χ0) is 12.5. The van der Waals surface area contributed by atoms with E-state index in [0.29, 0.717) is 0 Å². The van der Waals surface area contributed by atoms with Gasteiger partial charge in [0.1, 0.15) is 0 Å². The number of aliphatic imine (C=N–C) groups is 1. The van der Waals surface area contributed by atoms with Gasteiger partial charge in [0.15, 0.2) is 0 Å². The van der Waals surface area contributed by atoms with E-state index in [-0.39, 0.29) is 27.0 Å². The second-order valence-corrected chi connectivity index (χ2v) is 3.60. The second-order valence-electron chi connectivity index (χ2n) is 3.60. The summed E-state index contributed by atoms with van der Waals surface area (Å²) in [6.07, 6.45) is 2.35. The minimum absolute atomic E-state index is 0. The van der Waals surface area contributed by atoms with Gasteiger partial charge in [-0.1, -0.05) is 60.7 Å². The van der Waals surface area contributed by atoms with Crippen molar-refractivity contribution < 1.29 is 21.8 Å². The number of hydrogen-bond donors (Lipinski definition) is 0. The molecule has 0 amide bonds. The van der Waals surface area contributed by atoms with Gasteiger partial charge in [-0.3, -0.25) is 0 Å². The first-order valence-corrected chi connectivity index (χ1v) is 5.80. The van der Waals surface area contributed by atoms with Crippen molar-refractivity contribution >= 4 is 27.7 Å². The third-order valence-corrected chi connectivity index (χ3v) is 2.20. The molecular formula is C15H17FeN2OP. The maximum Gasteiger partial charge on any atom is 2.00 e. The van der Waals surface area contributed by atoms with E-state index in [1.165, 1.54) is 0 Å². The Balaban J connectivity index is 0.000000443. The van der Waals surface area contributed by atoms with E-state index in [1.54, 1.807) is 0 Å². The van der Waals surface area contributed by atoms with Crippen molar-refractivity contribution in [1.82, 2.24) is 0 Å². The molecule has 1 aliphatic rings. The number of benzene rings is 2. The standard InChI is InChI=1S/C12H10N.C3H4NO.Fe.H3P/c1-3-7-11(8-4-1)13-12-9-5-2-6-10-12;1-2-5-3-4-1;;/h1-10H;1-2H2;;1H3/q2*-1;+2;. The molecule has 3 rings (SSSR count). The third kappa shape index (κ3) is 7.30. The van der Waals surface area contributed by atoms with Crippen molar-refractivity contribution in [1.29, 1.82) is 0 Å². The van der Waals surface area contributed by atoms with Crippen LogP contribution in [0, 0.1) is 0 Å². The van der Waals surface area contributed by atoms with Gasteiger partial charge in [0.25, 0.3) is 0 Å². The minimum Gasteiger partial charge on any atom is -0.674 e. The van der Waals surface area contributed by atoms with Gasteiger partial charge in [-0.05, 0) is 0 Å². The SMILES string of the molecule is P.[C-]1=NCCO1.[Fe+2].c1ccc([N-]c2ccccc2)cc1. The Labute approximate surface area is 133 Å². The fourth-order valence-corrected chi connectivity index (χ4v) is 1.38. The smallest absolute Gasteiger partial charge is 0.674 e. The van der Waals surface area contributed by atoms with E-state index in [9.17, 15) is 0 Å². The second kappa shape index (κ2) is 11.5. The van der Waals surface area contributed by atoms with Crippen molar-refractivity contribution in [2.45, 2.75) is 0 Å². The van der Waals surface area contributed by atoms with Crippen LogP contribution in [-0.2, 0) is 21.8 Å². The Kier molecular flexibility index (Phi) is 10.7. The van der Waals surface area contributed by atoms with Crippen molar-refractivity contribution in [3.8, 4) is 0 Å². The van der Waals surface area contributed by atoms with Gasteiger partial charge in [0.05, 0.1) is 6.61 Å². The van der Waals surface area contributed by atoms with Crippen LogP contribution in [0.25, 0.3) is 5.32 Å². The molecule has 0 saturated carbocycles. The van der Waals surface area contributed by atoms with E-state index >= 15 is 0 Å². The molecular weight excluding hydrogens is 311 g/mol. The van der Waals surface area contributed by atoms with E-state index < -0.39 is 0 Å². The summed E-state index contributed by atoms with van der Waals surface area (Å²) >= 11 is 0. The normalized spacial score (nSPS) is 11.0. The van der Waals surface area contributed by atoms with Crippen LogP contribution >= 0.6 is 9.90 Å². The first kappa shape index (κ1) is 18.7. The molecule has 0 spiro atoms. The number of rotatable bonds is 2. The average molecular weight is 328 g/mol. The zero-order valence-electron chi connectivity index (χ0n) is 11.1. The summed E-state index contributed by atoms with van der Waals surface area (Å²) in [5, 5.41) is 4.44. The molecule has 0 bridgehead atoms.